The second-order valence-electron chi connectivity index (χ2n) is 5.94. The van der Waals surface area contributed by atoms with Gasteiger partial charge in [-0.1, -0.05) is 18.2 Å². The fraction of sp³-hybridized carbons (Fsp3) is 0.0952. The first-order valence-electron chi connectivity index (χ1n) is 8.49. The van der Waals surface area contributed by atoms with Gasteiger partial charge in [-0.05, 0) is 48.0 Å². The Bertz CT molecular complexity index is 990. The normalized spacial score (nSPS) is 10.2. The highest BCUT2D eigenvalue weighted by atomic mass is 19.1. The quantitative estimate of drug-likeness (QED) is 0.636. The Kier molecular flexibility index (Phi) is 5.96. The lowest BCUT2D eigenvalue weighted by atomic mass is 10.2. The number of ether oxygens (including phenoxy) is 1. The van der Waals surface area contributed by atoms with Crippen LogP contribution < -0.4 is 10.6 Å². The van der Waals surface area contributed by atoms with Crippen molar-refractivity contribution < 1.29 is 18.7 Å². The molecule has 0 unspecified atom stereocenters. The van der Waals surface area contributed by atoms with E-state index < -0.39 is 11.9 Å². The molecule has 142 valence electrons. The van der Waals surface area contributed by atoms with Crippen molar-refractivity contribution in [3.05, 3.63) is 89.5 Å². The average Bonchev–Trinajstić information content (AvgIpc) is 2.73. The van der Waals surface area contributed by atoms with E-state index in [1.165, 1.54) is 31.5 Å². The fourth-order valence-corrected chi connectivity index (χ4v) is 2.51. The SMILES string of the molecule is COC(=O)c1cccc(NC(=O)c2cc(NCc3ccc(F)cc3)ccn2)c1. The van der Waals surface area contributed by atoms with Crippen LogP contribution in [0.1, 0.15) is 26.4 Å². The molecule has 0 atom stereocenters. The summed E-state index contributed by atoms with van der Waals surface area (Å²) in [5.74, 6) is -1.18. The number of benzene rings is 2. The number of carbonyl (C=O) groups is 2. The fourth-order valence-electron chi connectivity index (χ4n) is 2.51. The first-order chi connectivity index (χ1) is 13.5. The number of hydrogen-bond donors (Lipinski definition) is 2. The number of nitrogens with one attached hydrogen (secondary N) is 2. The van der Waals surface area contributed by atoms with Crippen LogP contribution in [0.5, 0.6) is 0 Å². The van der Waals surface area contributed by atoms with E-state index >= 15 is 0 Å². The van der Waals surface area contributed by atoms with Gasteiger partial charge in [-0.25, -0.2) is 9.18 Å². The predicted octanol–water partition coefficient (Wildman–Crippen LogP) is 3.87. The van der Waals surface area contributed by atoms with Crippen molar-refractivity contribution in [2.45, 2.75) is 6.54 Å². The highest BCUT2D eigenvalue weighted by molar-refractivity contribution is 6.04. The smallest absolute Gasteiger partial charge is 0.337 e. The molecule has 0 saturated heterocycles. The molecule has 7 heteroatoms. The number of pyridine rings is 1. The molecule has 3 aromatic rings. The summed E-state index contributed by atoms with van der Waals surface area (Å²) < 4.78 is 17.6. The number of hydrogen-bond acceptors (Lipinski definition) is 5. The van der Waals surface area contributed by atoms with E-state index in [9.17, 15) is 14.0 Å². The molecule has 2 N–H and O–H groups in total. The molecule has 0 aliphatic carbocycles. The van der Waals surface area contributed by atoms with Crippen molar-refractivity contribution in [3.8, 4) is 0 Å². The molecule has 0 bridgehead atoms. The van der Waals surface area contributed by atoms with E-state index in [1.54, 1.807) is 42.5 Å². The van der Waals surface area contributed by atoms with Crippen molar-refractivity contribution in [2.75, 3.05) is 17.7 Å². The molecule has 6 nitrogen and oxygen atoms in total. The first-order valence-corrected chi connectivity index (χ1v) is 8.49. The van der Waals surface area contributed by atoms with Crippen molar-refractivity contribution in [1.29, 1.82) is 0 Å². The summed E-state index contributed by atoms with van der Waals surface area (Å²) in [5.41, 5.74) is 2.62. The minimum Gasteiger partial charge on any atom is -0.465 e. The Hall–Kier alpha value is -3.74. The number of halogens is 1. The lowest BCUT2D eigenvalue weighted by molar-refractivity contribution is 0.0600. The first kappa shape index (κ1) is 19.0. The standard InChI is InChI=1S/C21H18FN3O3/c1-28-21(27)15-3-2-4-18(11-15)25-20(26)19-12-17(9-10-23-19)24-13-14-5-7-16(22)8-6-14/h2-12H,13H2,1H3,(H,23,24)(H,25,26). The number of amides is 1. The van der Waals surface area contributed by atoms with Crippen LogP contribution in [0.25, 0.3) is 0 Å². The molecule has 1 heterocycles. The lowest BCUT2D eigenvalue weighted by Crippen LogP contribution is -2.14. The van der Waals surface area contributed by atoms with Gasteiger partial charge in [0.1, 0.15) is 11.5 Å². The maximum absolute atomic E-state index is 13.0. The Morgan fingerprint density at radius 3 is 2.57 bits per heavy atom. The number of anilines is 2. The predicted molar refractivity (Wildman–Crippen MR) is 104 cm³/mol. The van der Waals surface area contributed by atoms with E-state index in [-0.39, 0.29) is 11.5 Å². The van der Waals surface area contributed by atoms with Crippen molar-refractivity contribution in [2.24, 2.45) is 0 Å². The number of carbonyl (C=O) groups excluding carboxylic acids is 2. The van der Waals surface area contributed by atoms with Crippen LogP contribution in [0.4, 0.5) is 15.8 Å². The van der Waals surface area contributed by atoms with E-state index in [4.69, 9.17) is 0 Å². The molecular weight excluding hydrogens is 361 g/mol. The Morgan fingerprint density at radius 1 is 1.04 bits per heavy atom. The van der Waals surface area contributed by atoms with Crippen molar-refractivity contribution >= 4 is 23.3 Å². The van der Waals surface area contributed by atoms with Crippen LogP contribution in [-0.4, -0.2) is 24.0 Å². The van der Waals surface area contributed by atoms with E-state index in [0.717, 1.165) is 5.56 Å². The molecule has 1 aromatic heterocycles. The number of esters is 1. The zero-order valence-corrected chi connectivity index (χ0v) is 15.1. The number of aromatic nitrogens is 1. The average molecular weight is 379 g/mol. The summed E-state index contributed by atoms with van der Waals surface area (Å²) in [6, 6.07) is 15.9. The van der Waals surface area contributed by atoms with Crippen LogP contribution in [0, 0.1) is 5.82 Å². The molecule has 28 heavy (non-hydrogen) atoms. The zero-order chi connectivity index (χ0) is 19.9. The third kappa shape index (κ3) is 4.91. The van der Waals surface area contributed by atoms with Gasteiger partial charge in [0.05, 0.1) is 12.7 Å². The second-order valence-corrected chi connectivity index (χ2v) is 5.94. The molecule has 3 rings (SSSR count). The summed E-state index contributed by atoms with van der Waals surface area (Å²) in [4.78, 5) is 28.1. The molecular formula is C21H18FN3O3. The molecule has 0 aliphatic heterocycles. The van der Waals surface area contributed by atoms with Crippen molar-refractivity contribution in [1.82, 2.24) is 4.98 Å². The second kappa shape index (κ2) is 8.77. The molecule has 2 aromatic carbocycles. The highest BCUT2D eigenvalue weighted by Gasteiger charge is 2.11. The van der Waals surface area contributed by atoms with Gasteiger partial charge in [0.15, 0.2) is 0 Å². The van der Waals surface area contributed by atoms with Crippen LogP contribution in [0.3, 0.4) is 0 Å². The van der Waals surface area contributed by atoms with Crippen molar-refractivity contribution in [3.63, 3.8) is 0 Å². The van der Waals surface area contributed by atoms with E-state index in [1.807, 2.05) is 0 Å². The Labute approximate surface area is 161 Å². The lowest BCUT2D eigenvalue weighted by Gasteiger charge is -2.09. The minimum atomic E-state index is -0.485. The van der Waals surface area contributed by atoms with Gasteiger partial charge < -0.3 is 15.4 Å². The van der Waals surface area contributed by atoms with Gasteiger partial charge >= 0.3 is 5.97 Å². The van der Waals surface area contributed by atoms with Gasteiger partial charge in [0.25, 0.3) is 5.91 Å². The van der Waals surface area contributed by atoms with Gasteiger partial charge in [0, 0.05) is 24.1 Å². The van der Waals surface area contributed by atoms with Crippen LogP contribution in [-0.2, 0) is 11.3 Å². The maximum atomic E-state index is 13.0. The van der Waals surface area contributed by atoms with Crippen LogP contribution >= 0.6 is 0 Å². The molecule has 0 aliphatic rings. The third-order valence-electron chi connectivity index (χ3n) is 3.94. The molecule has 0 spiro atoms. The van der Waals surface area contributed by atoms with Crippen LogP contribution in [0.2, 0.25) is 0 Å². The monoisotopic (exact) mass is 379 g/mol. The number of rotatable bonds is 6. The zero-order valence-electron chi connectivity index (χ0n) is 15.1. The summed E-state index contributed by atoms with van der Waals surface area (Å²) in [6.07, 6.45) is 1.52. The van der Waals surface area contributed by atoms with E-state index in [0.29, 0.717) is 23.5 Å². The minimum absolute atomic E-state index is 0.215. The third-order valence-corrected chi connectivity index (χ3v) is 3.94. The van der Waals surface area contributed by atoms with Gasteiger partial charge in [-0.15, -0.1) is 0 Å². The summed E-state index contributed by atoms with van der Waals surface area (Å²) >= 11 is 0. The molecule has 1 amide bonds. The van der Waals surface area contributed by atoms with Gasteiger partial charge in [-0.3, -0.25) is 9.78 Å². The van der Waals surface area contributed by atoms with Gasteiger partial charge in [0.2, 0.25) is 0 Å². The van der Waals surface area contributed by atoms with Gasteiger partial charge in [-0.2, -0.15) is 0 Å². The molecule has 0 saturated carbocycles. The Morgan fingerprint density at radius 2 is 1.82 bits per heavy atom. The maximum Gasteiger partial charge on any atom is 0.337 e. The highest BCUT2D eigenvalue weighted by Crippen LogP contribution is 2.15. The summed E-state index contributed by atoms with van der Waals surface area (Å²) in [5, 5.41) is 5.87. The topological polar surface area (TPSA) is 80.3 Å². The molecule has 0 radical (unpaired) electrons. The number of methoxy groups -OCH3 is 1. The summed E-state index contributed by atoms with van der Waals surface area (Å²) in [7, 11) is 1.29. The Balaban J connectivity index is 1.66. The largest absolute Gasteiger partial charge is 0.465 e. The van der Waals surface area contributed by atoms with E-state index in [2.05, 4.69) is 20.4 Å². The summed E-state index contributed by atoms with van der Waals surface area (Å²) in [6.45, 7) is 0.479. The molecule has 0 fully saturated rings. The number of nitrogens with zero attached hydrogens (tertiary/aromatic N) is 1. The van der Waals surface area contributed by atoms with Crippen LogP contribution in [0.15, 0.2) is 66.9 Å².